The summed E-state index contributed by atoms with van der Waals surface area (Å²) >= 11 is 1.19. The smallest absolute Gasteiger partial charge is 0.475 e. The summed E-state index contributed by atoms with van der Waals surface area (Å²) in [5.74, 6) is 0.631. The van der Waals surface area contributed by atoms with Crippen LogP contribution in [0.3, 0.4) is 0 Å². The van der Waals surface area contributed by atoms with Gasteiger partial charge >= 0.3 is 6.16 Å². The zero-order chi connectivity index (χ0) is 28.2. The van der Waals surface area contributed by atoms with Crippen molar-refractivity contribution in [3.63, 3.8) is 0 Å². The van der Waals surface area contributed by atoms with Crippen LogP contribution in [0.4, 0.5) is 4.79 Å². The molecule has 224 valence electrons. The summed E-state index contributed by atoms with van der Waals surface area (Å²) < 4.78 is 26.6. The van der Waals surface area contributed by atoms with E-state index < -0.39 is 6.16 Å². The minimum atomic E-state index is -0.563. The Labute approximate surface area is 242 Å². The Morgan fingerprint density at radius 3 is 2.08 bits per heavy atom. The first-order valence-corrected chi connectivity index (χ1v) is 16.6. The number of hydrogen-bond donors (Lipinski definition) is 0. The zero-order valence-corrected chi connectivity index (χ0v) is 26.2. The number of carbonyl (C=O) groups excluding carboxylic acids is 1. The molecule has 0 N–H and O–H groups in total. The average molecular weight is 567 g/mol. The van der Waals surface area contributed by atoms with Crippen LogP contribution in [0.15, 0.2) is 6.08 Å². The molecule has 0 saturated carbocycles. The predicted octanol–water partition coefficient (Wildman–Crippen LogP) is 8.93. The summed E-state index contributed by atoms with van der Waals surface area (Å²) in [6.45, 7) is 9.13. The summed E-state index contributed by atoms with van der Waals surface area (Å²) in [7, 11) is 2.13. The SMILES string of the molecule is CCCCCCCCCCCCCCOC(=O)OC(C)[N+]1(C)CCC=C(c2nsnc2OCCCCCC)C1. The fourth-order valence-electron chi connectivity index (χ4n) is 5.12. The molecule has 0 saturated heterocycles. The van der Waals surface area contributed by atoms with Crippen molar-refractivity contribution in [1.82, 2.24) is 8.75 Å². The highest BCUT2D eigenvalue weighted by Gasteiger charge is 2.37. The second-order valence-electron chi connectivity index (χ2n) is 11.4. The van der Waals surface area contributed by atoms with Crippen LogP contribution >= 0.6 is 11.7 Å². The summed E-state index contributed by atoms with van der Waals surface area (Å²) in [5, 5.41) is 0. The number of likely N-dealkylation sites (N-methyl/N-ethyl adjacent to an activating group) is 1. The summed E-state index contributed by atoms with van der Waals surface area (Å²) in [6.07, 6.45) is 22.3. The second kappa shape index (κ2) is 20.2. The third-order valence-corrected chi connectivity index (χ3v) is 8.44. The molecule has 0 fully saturated rings. The maximum absolute atomic E-state index is 12.4. The van der Waals surface area contributed by atoms with Gasteiger partial charge in [-0.15, -0.1) is 4.37 Å². The largest absolute Gasteiger partial charge is 0.512 e. The van der Waals surface area contributed by atoms with Gasteiger partial charge in [0.1, 0.15) is 12.2 Å². The van der Waals surface area contributed by atoms with Gasteiger partial charge in [0.15, 0.2) is 0 Å². The number of ether oxygens (including phenoxy) is 3. The fourth-order valence-corrected chi connectivity index (χ4v) is 5.65. The molecular weight excluding hydrogens is 510 g/mol. The molecule has 0 spiro atoms. The maximum Gasteiger partial charge on any atom is 0.512 e. The summed E-state index contributed by atoms with van der Waals surface area (Å²) in [6, 6.07) is 0. The fraction of sp³-hybridized carbons (Fsp3) is 0.839. The number of aromatic nitrogens is 2. The van der Waals surface area contributed by atoms with Crippen molar-refractivity contribution in [1.29, 1.82) is 0 Å². The van der Waals surface area contributed by atoms with Crippen molar-refractivity contribution in [2.24, 2.45) is 0 Å². The van der Waals surface area contributed by atoms with E-state index in [1.165, 1.54) is 95.2 Å². The van der Waals surface area contributed by atoms with Crippen molar-refractivity contribution in [3.05, 3.63) is 11.8 Å². The van der Waals surface area contributed by atoms with Crippen molar-refractivity contribution >= 4 is 23.5 Å². The lowest BCUT2D eigenvalue weighted by molar-refractivity contribution is -0.944. The van der Waals surface area contributed by atoms with Crippen molar-refractivity contribution in [2.75, 3.05) is 33.4 Å². The minimum Gasteiger partial charge on any atom is -0.475 e. The molecule has 7 nitrogen and oxygen atoms in total. The van der Waals surface area contributed by atoms with E-state index in [1.807, 2.05) is 6.92 Å². The molecule has 2 unspecified atom stereocenters. The Morgan fingerprint density at radius 2 is 1.44 bits per heavy atom. The van der Waals surface area contributed by atoms with Gasteiger partial charge in [0.2, 0.25) is 6.23 Å². The Morgan fingerprint density at radius 1 is 0.872 bits per heavy atom. The van der Waals surface area contributed by atoms with E-state index in [-0.39, 0.29) is 6.23 Å². The average Bonchev–Trinajstić information content (AvgIpc) is 3.40. The van der Waals surface area contributed by atoms with Gasteiger partial charge in [-0.3, -0.25) is 4.48 Å². The Kier molecular flexibility index (Phi) is 17.4. The van der Waals surface area contributed by atoms with E-state index in [9.17, 15) is 4.79 Å². The Bertz CT molecular complexity index is 816. The van der Waals surface area contributed by atoms with Gasteiger partial charge in [-0.1, -0.05) is 110 Å². The van der Waals surface area contributed by atoms with Crippen LogP contribution in [-0.4, -0.2) is 59.0 Å². The zero-order valence-electron chi connectivity index (χ0n) is 25.4. The molecule has 0 aliphatic carbocycles. The van der Waals surface area contributed by atoms with Gasteiger partial charge < -0.3 is 14.2 Å². The lowest BCUT2D eigenvalue weighted by atomic mass is 10.0. The van der Waals surface area contributed by atoms with Gasteiger partial charge in [-0.05, 0) is 12.8 Å². The lowest BCUT2D eigenvalue weighted by Crippen LogP contribution is -2.55. The quantitative estimate of drug-likeness (QED) is 0.0792. The lowest BCUT2D eigenvalue weighted by Gasteiger charge is -2.41. The number of quaternary nitrogens is 1. The van der Waals surface area contributed by atoms with Crippen molar-refractivity contribution in [3.8, 4) is 5.88 Å². The monoisotopic (exact) mass is 566 g/mol. The van der Waals surface area contributed by atoms with E-state index in [2.05, 4.69) is 35.7 Å². The first-order chi connectivity index (χ1) is 19.0. The van der Waals surface area contributed by atoms with E-state index >= 15 is 0 Å². The number of rotatable bonds is 22. The molecule has 2 heterocycles. The summed E-state index contributed by atoms with van der Waals surface area (Å²) in [5.41, 5.74) is 1.95. The molecule has 0 radical (unpaired) electrons. The summed E-state index contributed by atoms with van der Waals surface area (Å²) in [4.78, 5) is 12.4. The molecule has 0 bridgehead atoms. The van der Waals surface area contributed by atoms with Crippen LogP contribution in [0.1, 0.15) is 136 Å². The predicted molar refractivity (Wildman–Crippen MR) is 161 cm³/mol. The van der Waals surface area contributed by atoms with E-state index in [0.29, 0.717) is 30.1 Å². The first kappa shape index (κ1) is 33.5. The van der Waals surface area contributed by atoms with Crippen LogP contribution in [0, 0.1) is 0 Å². The van der Waals surface area contributed by atoms with Crippen molar-refractivity contribution < 1.29 is 23.5 Å². The maximum atomic E-state index is 12.4. The van der Waals surface area contributed by atoms with Crippen LogP contribution in [0.2, 0.25) is 0 Å². The second-order valence-corrected chi connectivity index (χ2v) is 11.9. The molecule has 0 amide bonds. The normalized spacial score (nSPS) is 18.0. The van der Waals surface area contributed by atoms with Crippen LogP contribution in [-0.2, 0) is 9.47 Å². The van der Waals surface area contributed by atoms with E-state index in [4.69, 9.17) is 14.2 Å². The number of unbranched alkanes of at least 4 members (excludes halogenated alkanes) is 14. The molecule has 8 heteroatoms. The van der Waals surface area contributed by atoms with Gasteiger partial charge in [0.05, 0.1) is 38.5 Å². The van der Waals surface area contributed by atoms with Crippen LogP contribution in [0.25, 0.3) is 5.57 Å². The van der Waals surface area contributed by atoms with Crippen LogP contribution in [0.5, 0.6) is 5.88 Å². The van der Waals surface area contributed by atoms with Gasteiger partial charge in [0, 0.05) is 18.9 Å². The van der Waals surface area contributed by atoms with Crippen molar-refractivity contribution in [2.45, 2.75) is 136 Å². The third-order valence-electron chi connectivity index (χ3n) is 7.92. The minimum absolute atomic E-state index is 0.312. The van der Waals surface area contributed by atoms with Gasteiger partial charge in [-0.2, -0.15) is 4.37 Å². The third kappa shape index (κ3) is 13.5. The molecule has 0 aromatic carbocycles. The van der Waals surface area contributed by atoms with Gasteiger partial charge in [-0.25, -0.2) is 4.79 Å². The molecule has 39 heavy (non-hydrogen) atoms. The highest BCUT2D eigenvalue weighted by molar-refractivity contribution is 6.99. The number of carbonyl (C=O) groups is 1. The molecule has 1 aromatic rings. The molecule has 1 aliphatic heterocycles. The Balaban J connectivity index is 1.61. The highest BCUT2D eigenvalue weighted by atomic mass is 32.1. The molecule has 2 atom stereocenters. The Hall–Kier alpha value is -1.67. The standard InChI is InChI=1S/C31H56N3O4S/c1-5-7-9-11-12-13-14-15-16-17-18-20-25-37-31(35)38-27(3)34(4)23-21-22-28(26-34)29-30(33-39-32-29)36-24-19-10-8-6-2/h22,27H,5-21,23-26H2,1-4H3/q+1. The van der Waals surface area contributed by atoms with E-state index in [1.54, 1.807) is 0 Å². The first-order valence-electron chi connectivity index (χ1n) is 15.8. The number of nitrogens with zero attached hydrogens (tertiary/aromatic N) is 3. The van der Waals surface area contributed by atoms with E-state index in [0.717, 1.165) is 43.5 Å². The van der Waals surface area contributed by atoms with Gasteiger partial charge in [0.25, 0.3) is 5.88 Å². The molecule has 1 aromatic heterocycles. The molecule has 2 rings (SSSR count). The topological polar surface area (TPSA) is 70.5 Å². The molecule has 1 aliphatic rings. The molecular formula is C31H56N3O4S+. The van der Waals surface area contributed by atoms with Crippen LogP contribution < -0.4 is 4.74 Å². The number of hydrogen-bond acceptors (Lipinski definition) is 7. The highest BCUT2D eigenvalue weighted by Crippen LogP contribution is 2.31.